The molecule has 0 atom stereocenters. The van der Waals surface area contributed by atoms with Crippen molar-refractivity contribution in [2.45, 2.75) is 13.8 Å². The number of benzene rings is 2. The summed E-state index contributed by atoms with van der Waals surface area (Å²) in [7, 11) is 4.53. The summed E-state index contributed by atoms with van der Waals surface area (Å²) in [5.41, 5.74) is 3.28. The van der Waals surface area contributed by atoms with Crippen molar-refractivity contribution in [2.75, 3.05) is 26.6 Å². The molecule has 2 rings (SSSR count). The van der Waals surface area contributed by atoms with E-state index in [1.807, 2.05) is 32.0 Å². The number of rotatable bonds is 5. The molecule has 0 fully saturated rings. The maximum atomic E-state index is 12.6. The van der Waals surface area contributed by atoms with Gasteiger partial charge in [0, 0.05) is 5.69 Å². The predicted octanol–water partition coefficient (Wildman–Crippen LogP) is 3.58. The van der Waals surface area contributed by atoms with Crippen molar-refractivity contribution >= 4 is 11.6 Å². The highest BCUT2D eigenvalue weighted by atomic mass is 16.5. The summed E-state index contributed by atoms with van der Waals surface area (Å²) in [6, 6.07) is 9.18. The summed E-state index contributed by atoms with van der Waals surface area (Å²) in [4.78, 5) is 12.6. The van der Waals surface area contributed by atoms with Gasteiger partial charge in [-0.05, 0) is 37.6 Å². The number of carbonyl (C=O) groups excluding carboxylic acids is 1. The smallest absolute Gasteiger partial charge is 0.259 e. The zero-order valence-corrected chi connectivity index (χ0v) is 14.0. The van der Waals surface area contributed by atoms with Crippen molar-refractivity contribution in [1.29, 1.82) is 0 Å². The fourth-order valence-corrected chi connectivity index (χ4v) is 2.42. The van der Waals surface area contributed by atoms with Gasteiger partial charge < -0.3 is 19.5 Å². The molecule has 5 nitrogen and oxygen atoms in total. The Labute approximate surface area is 136 Å². The molecular weight excluding hydrogens is 294 g/mol. The molecule has 1 amide bonds. The monoisotopic (exact) mass is 315 g/mol. The molecule has 0 aliphatic heterocycles. The lowest BCUT2D eigenvalue weighted by Gasteiger charge is -2.16. The zero-order valence-electron chi connectivity index (χ0n) is 14.0. The predicted molar refractivity (Wildman–Crippen MR) is 90.0 cm³/mol. The van der Waals surface area contributed by atoms with E-state index in [2.05, 4.69) is 5.32 Å². The highest BCUT2D eigenvalue weighted by Crippen LogP contribution is 2.40. The summed E-state index contributed by atoms with van der Waals surface area (Å²) in [6.45, 7) is 3.96. The van der Waals surface area contributed by atoms with Crippen LogP contribution in [-0.2, 0) is 0 Å². The van der Waals surface area contributed by atoms with Crippen LogP contribution in [0, 0.1) is 13.8 Å². The first-order valence-electron chi connectivity index (χ1n) is 7.19. The van der Waals surface area contributed by atoms with Crippen molar-refractivity contribution in [3.8, 4) is 17.2 Å². The quantitative estimate of drug-likeness (QED) is 0.916. The molecule has 0 saturated heterocycles. The first kappa shape index (κ1) is 16.7. The topological polar surface area (TPSA) is 56.8 Å². The molecule has 0 heterocycles. The summed E-state index contributed by atoms with van der Waals surface area (Å²) >= 11 is 0. The van der Waals surface area contributed by atoms with Gasteiger partial charge in [-0.1, -0.05) is 17.7 Å². The number of amides is 1. The van der Waals surface area contributed by atoms with Crippen LogP contribution in [0.5, 0.6) is 17.2 Å². The van der Waals surface area contributed by atoms with Crippen molar-refractivity contribution in [2.24, 2.45) is 0 Å². The van der Waals surface area contributed by atoms with Crippen LogP contribution < -0.4 is 19.5 Å². The molecule has 0 bridgehead atoms. The van der Waals surface area contributed by atoms with E-state index >= 15 is 0 Å². The van der Waals surface area contributed by atoms with Crippen molar-refractivity contribution < 1.29 is 19.0 Å². The Bertz CT molecular complexity index is 725. The van der Waals surface area contributed by atoms with E-state index in [9.17, 15) is 4.79 Å². The molecule has 2 aromatic carbocycles. The third-order valence-electron chi connectivity index (χ3n) is 3.58. The summed E-state index contributed by atoms with van der Waals surface area (Å²) < 4.78 is 15.9. The number of anilines is 1. The Balaban J connectivity index is 2.39. The molecule has 23 heavy (non-hydrogen) atoms. The highest BCUT2D eigenvalue weighted by molar-refractivity contribution is 6.07. The maximum absolute atomic E-state index is 12.6. The molecule has 0 saturated carbocycles. The first-order chi connectivity index (χ1) is 11.0. The highest BCUT2D eigenvalue weighted by Gasteiger charge is 2.21. The molecule has 5 heteroatoms. The average Bonchev–Trinajstić information content (AvgIpc) is 2.55. The second-order valence-electron chi connectivity index (χ2n) is 5.15. The number of nitrogens with one attached hydrogen (secondary N) is 1. The van der Waals surface area contributed by atoms with Crippen LogP contribution >= 0.6 is 0 Å². The molecule has 0 unspecified atom stereocenters. The van der Waals surface area contributed by atoms with E-state index in [0.29, 0.717) is 22.8 Å². The number of hydrogen-bond donors (Lipinski definition) is 1. The Morgan fingerprint density at radius 3 is 2.17 bits per heavy atom. The maximum Gasteiger partial charge on any atom is 0.259 e. The molecule has 1 N–H and O–H groups in total. The molecule has 0 aromatic heterocycles. The van der Waals surface area contributed by atoms with E-state index in [1.54, 1.807) is 12.1 Å². The average molecular weight is 315 g/mol. The van der Waals surface area contributed by atoms with E-state index in [1.165, 1.54) is 21.3 Å². The number of carbonyl (C=O) groups is 1. The van der Waals surface area contributed by atoms with Crippen LogP contribution in [-0.4, -0.2) is 27.2 Å². The van der Waals surface area contributed by atoms with Gasteiger partial charge in [0.2, 0.25) is 5.75 Å². The molecule has 0 radical (unpaired) electrons. The minimum atomic E-state index is -0.269. The van der Waals surface area contributed by atoms with Gasteiger partial charge in [0.25, 0.3) is 5.91 Å². The minimum absolute atomic E-state index is 0.269. The van der Waals surface area contributed by atoms with Crippen LogP contribution in [0.25, 0.3) is 0 Å². The Hall–Kier alpha value is -2.69. The van der Waals surface area contributed by atoms with Gasteiger partial charge in [-0.2, -0.15) is 0 Å². The van der Waals surface area contributed by atoms with E-state index < -0.39 is 0 Å². The van der Waals surface area contributed by atoms with Crippen LogP contribution in [0.3, 0.4) is 0 Å². The lowest BCUT2D eigenvalue weighted by atomic mass is 10.1. The van der Waals surface area contributed by atoms with E-state index in [0.717, 1.165) is 16.8 Å². The fourth-order valence-electron chi connectivity index (χ4n) is 2.42. The number of aryl methyl sites for hydroxylation is 2. The fraction of sp³-hybridized carbons (Fsp3) is 0.278. The van der Waals surface area contributed by atoms with E-state index in [4.69, 9.17) is 14.2 Å². The number of hydrogen-bond acceptors (Lipinski definition) is 4. The van der Waals surface area contributed by atoms with Gasteiger partial charge in [0.15, 0.2) is 11.5 Å². The summed E-state index contributed by atoms with van der Waals surface area (Å²) in [5.74, 6) is 0.972. The lowest BCUT2D eigenvalue weighted by Crippen LogP contribution is -2.14. The minimum Gasteiger partial charge on any atom is -0.493 e. The Morgan fingerprint density at radius 2 is 1.61 bits per heavy atom. The van der Waals surface area contributed by atoms with Gasteiger partial charge in [0.1, 0.15) is 0 Å². The van der Waals surface area contributed by atoms with Crippen LogP contribution in [0.4, 0.5) is 5.69 Å². The second kappa shape index (κ2) is 7.05. The van der Waals surface area contributed by atoms with Crippen molar-refractivity contribution in [3.05, 3.63) is 47.0 Å². The van der Waals surface area contributed by atoms with Crippen LogP contribution in [0.2, 0.25) is 0 Å². The molecule has 0 aliphatic carbocycles. The van der Waals surface area contributed by atoms with Crippen molar-refractivity contribution in [3.63, 3.8) is 0 Å². The zero-order chi connectivity index (χ0) is 17.0. The van der Waals surface area contributed by atoms with Crippen LogP contribution in [0.1, 0.15) is 21.5 Å². The third-order valence-corrected chi connectivity index (χ3v) is 3.58. The van der Waals surface area contributed by atoms with Gasteiger partial charge >= 0.3 is 0 Å². The SMILES string of the molecule is COc1ccc(C(=O)Nc2ccc(C)cc2C)c(OC)c1OC. The Kier molecular flexibility index (Phi) is 5.11. The Morgan fingerprint density at radius 1 is 0.913 bits per heavy atom. The molecule has 2 aromatic rings. The van der Waals surface area contributed by atoms with Gasteiger partial charge in [0.05, 0.1) is 26.9 Å². The lowest BCUT2D eigenvalue weighted by molar-refractivity contribution is 0.102. The molecular formula is C18H21NO4. The molecule has 122 valence electrons. The van der Waals surface area contributed by atoms with Gasteiger partial charge in [-0.25, -0.2) is 0 Å². The van der Waals surface area contributed by atoms with E-state index in [-0.39, 0.29) is 5.91 Å². The number of ether oxygens (including phenoxy) is 3. The van der Waals surface area contributed by atoms with Crippen molar-refractivity contribution in [1.82, 2.24) is 0 Å². The third kappa shape index (κ3) is 3.39. The molecule has 0 spiro atoms. The number of methoxy groups -OCH3 is 3. The standard InChI is InChI=1S/C18H21NO4/c1-11-6-8-14(12(2)10-11)19-18(20)13-7-9-15(21-3)17(23-5)16(13)22-4/h6-10H,1-5H3,(H,19,20). The first-order valence-corrected chi connectivity index (χ1v) is 7.19. The van der Waals surface area contributed by atoms with Gasteiger partial charge in [-0.3, -0.25) is 4.79 Å². The normalized spacial score (nSPS) is 10.1. The van der Waals surface area contributed by atoms with Gasteiger partial charge in [-0.15, -0.1) is 0 Å². The molecule has 0 aliphatic rings. The summed E-state index contributed by atoms with van der Waals surface area (Å²) in [5, 5.41) is 2.90. The second-order valence-corrected chi connectivity index (χ2v) is 5.15. The van der Waals surface area contributed by atoms with Crippen LogP contribution in [0.15, 0.2) is 30.3 Å². The summed E-state index contributed by atoms with van der Waals surface area (Å²) in [6.07, 6.45) is 0. The largest absolute Gasteiger partial charge is 0.493 e.